The van der Waals surface area contributed by atoms with Crippen LogP contribution in [0.2, 0.25) is 0 Å². The summed E-state index contributed by atoms with van der Waals surface area (Å²) < 4.78 is 11.7. The zero-order chi connectivity index (χ0) is 28.1. The summed E-state index contributed by atoms with van der Waals surface area (Å²) in [6.45, 7) is 9.16. The molecule has 0 radical (unpaired) electrons. The van der Waals surface area contributed by atoms with Crippen molar-refractivity contribution in [2.24, 2.45) is 29.1 Å². The van der Waals surface area contributed by atoms with Gasteiger partial charge in [0.2, 0.25) is 11.7 Å². The molecule has 3 fully saturated rings. The Morgan fingerprint density at radius 2 is 1.85 bits per heavy atom. The van der Waals surface area contributed by atoms with Gasteiger partial charge in [-0.25, -0.2) is 0 Å². The highest BCUT2D eigenvalue weighted by atomic mass is 16.6. The number of hydrogen-bond acceptors (Lipinski definition) is 6. The van der Waals surface area contributed by atoms with Crippen LogP contribution in [-0.2, 0) is 35.1 Å². The summed E-state index contributed by atoms with van der Waals surface area (Å²) in [7, 11) is 0. The minimum absolute atomic E-state index is 0.0385. The van der Waals surface area contributed by atoms with Crippen LogP contribution in [0.3, 0.4) is 0 Å². The summed E-state index contributed by atoms with van der Waals surface area (Å²) in [5.41, 5.74) is -0.177. The summed E-state index contributed by atoms with van der Waals surface area (Å²) in [6.07, 6.45) is 8.15. The minimum atomic E-state index is -1.41. The molecule has 2 saturated heterocycles. The van der Waals surface area contributed by atoms with Crippen molar-refractivity contribution in [3.05, 3.63) is 71.8 Å². The van der Waals surface area contributed by atoms with Crippen LogP contribution < -0.4 is 5.32 Å². The number of fused-ring (bicyclic) bond motifs is 2. The van der Waals surface area contributed by atoms with Crippen LogP contribution in [0.1, 0.15) is 46.6 Å². The van der Waals surface area contributed by atoms with E-state index in [2.05, 4.69) is 19.2 Å². The number of esters is 1. The zero-order valence-electron chi connectivity index (χ0n) is 23.2. The highest BCUT2D eigenvalue weighted by Gasteiger charge is 2.78. The molecular formula is C32H37NO6. The van der Waals surface area contributed by atoms with Crippen LogP contribution in [0.5, 0.6) is 0 Å². The monoisotopic (exact) mass is 531 g/mol. The number of hydrogen-bond donors (Lipinski definition) is 1. The van der Waals surface area contributed by atoms with Crippen molar-refractivity contribution in [2.45, 2.75) is 71.3 Å². The summed E-state index contributed by atoms with van der Waals surface area (Å²) in [4.78, 5) is 53.4. The van der Waals surface area contributed by atoms with Crippen molar-refractivity contribution >= 4 is 23.4 Å². The molecule has 39 heavy (non-hydrogen) atoms. The Balaban J connectivity index is 1.61. The first kappa shape index (κ1) is 27.3. The van der Waals surface area contributed by atoms with E-state index in [1.165, 1.54) is 19.1 Å². The molecule has 0 bridgehead atoms. The highest BCUT2D eigenvalue weighted by Crippen LogP contribution is 2.66. The fourth-order valence-corrected chi connectivity index (χ4v) is 7.30. The summed E-state index contributed by atoms with van der Waals surface area (Å²) in [5.74, 6) is -2.68. The van der Waals surface area contributed by atoms with E-state index in [-0.39, 0.29) is 35.8 Å². The maximum Gasteiger partial charge on any atom is 0.303 e. The number of epoxide rings is 1. The highest BCUT2D eigenvalue weighted by molar-refractivity contribution is 6.15. The van der Waals surface area contributed by atoms with Gasteiger partial charge in [-0.2, -0.15) is 0 Å². The van der Waals surface area contributed by atoms with Gasteiger partial charge in [-0.1, -0.05) is 62.4 Å². The first-order valence-corrected chi connectivity index (χ1v) is 13.8. The summed E-state index contributed by atoms with van der Waals surface area (Å²) in [6, 6.07) is 9.66. The predicted molar refractivity (Wildman–Crippen MR) is 145 cm³/mol. The Labute approximate surface area is 229 Å². The van der Waals surface area contributed by atoms with Crippen molar-refractivity contribution in [3.8, 4) is 0 Å². The molecule has 1 N–H and O–H groups in total. The first-order valence-electron chi connectivity index (χ1n) is 13.8. The molecule has 1 aromatic rings. The number of allylic oxidation sites excluding steroid dienone is 3. The van der Waals surface area contributed by atoms with Gasteiger partial charge < -0.3 is 14.8 Å². The van der Waals surface area contributed by atoms with Gasteiger partial charge in [0.15, 0.2) is 11.9 Å². The van der Waals surface area contributed by atoms with E-state index in [0.29, 0.717) is 18.4 Å². The Hall–Kier alpha value is -3.32. The number of carbonyl (C=O) groups excluding carboxylic acids is 4. The third-order valence-corrected chi connectivity index (χ3v) is 9.29. The number of ketones is 2. The van der Waals surface area contributed by atoms with Gasteiger partial charge in [-0.15, -0.1) is 0 Å². The van der Waals surface area contributed by atoms with Crippen LogP contribution in [-0.4, -0.2) is 47.3 Å². The number of carbonyl (C=O) groups is 4. The third-order valence-electron chi connectivity index (χ3n) is 9.29. The molecule has 7 nitrogen and oxygen atoms in total. The van der Waals surface area contributed by atoms with E-state index in [0.717, 1.165) is 5.56 Å². The maximum absolute atomic E-state index is 14.3. The predicted octanol–water partition coefficient (Wildman–Crippen LogP) is 3.92. The lowest BCUT2D eigenvalue weighted by Crippen LogP contribution is -2.58. The maximum atomic E-state index is 14.3. The van der Waals surface area contributed by atoms with Crippen LogP contribution in [0.15, 0.2) is 66.3 Å². The molecule has 1 amide bonds. The van der Waals surface area contributed by atoms with Gasteiger partial charge in [0.1, 0.15) is 5.41 Å². The molecule has 2 aliphatic heterocycles. The Bertz CT molecular complexity index is 1280. The van der Waals surface area contributed by atoms with E-state index in [9.17, 15) is 19.2 Å². The van der Waals surface area contributed by atoms with E-state index in [4.69, 9.17) is 9.47 Å². The van der Waals surface area contributed by atoms with Gasteiger partial charge >= 0.3 is 5.97 Å². The number of benzene rings is 1. The molecule has 0 unspecified atom stereocenters. The zero-order valence-corrected chi connectivity index (χ0v) is 23.2. The molecule has 9 atom stereocenters. The van der Waals surface area contributed by atoms with Crippen molar-refractivity contribution in [2.75, 3.05) is 0 Å². The number of rotatable bonds is 3. The second kappa shape index (κ2) is 10.0. The Morgan fingerprint density at radius 1 is 1.13 bits per heavy atom. The lowest BCUT2D eigenvalue weighted by Gasteiger charge is -2.45. The SMILES string of the molecule is CC(=O)O[C@H]1C(=O)C=CC(=O)[C@@]23C(=O)N[C@@H](Cc4ccccc4)[C@@H]2[C@H](C)[C@@]2(C)O[C@H]2[C@@H]3C=CC[C@H](C)C=C1C. The fourth-order valence-electron chi connectivity index (χ4n) is 7.30. The molecule has 5 rings (SSSR count). The van der Waals surface area contributed by atoms with Crippen LogP contribution in [0.4, 0.5) is 0 Å². The molecule has 2 aliphatic carbocycles. The third kappa shape index (κ3) is 4.50. The molecule has 4 aliphatic rings. The normalized spacial score (nSPS) is 39.7. The molecule has 1 saturated carbocycles. The fraction of sp³-hybridized carbons (Fsp3) is 0.500. The standard InChI is InChI=1S/C32H37NO6/c1-18-10-9-13-23-29-31(5,39-29)20(3)27-24(17-22-11-7-6-8-12-22)33-30(37)32(23,27)26(36)15-14-25(35)28(19(2)16-18)38-21(4)34/h6-9,11-16,18,20,23-24,27-29H,10,17H2,1-5H3,(H,33,37)/t18-,20-,23-,24-,27-,28+,29-,31+,32+/m0/s1. The molecule has 1 aromatic carbocycles. The van der Waals surface area contributed by atoms with Crippen molar-refractivity contribution in [1.82, 2.24) is 5.32 Å². The Morgan fingerprint density at radius 3 is 2.54 bits per heavy atom. The second-order valence-electron chi connectivity index (χ2n) is 11.8. The Kier molecular flexibility index (Phi) is 7.00. The van der Waals surface area contributed by atoms with Gasteiger partial charge in [-0.3, -0.25) is 19.2 Å². The van der Waals surface area contributed by atoms with Crippen molar-refractivity contribution in [1.29, 1.82) is 0 Å². The van der Waals surface area contributed by atoms with Crippen LogP contribution in [0, 0.1) is 29.1 Å². The van der Waals surface area contributed by atoms with Crippen molar-refractivity contribution < 1.29 is 28.7 Å². The van der Waals surface area contributed by atoms with Crippen LogP contribution >= 0.6 is 0 Å². The van der Waals surface area contributed by atoms with Gasteiger partial charge in [0.05, 0.1) is 11.7 Å². The minimum Gasteiger partial charge on any atom is -0.450 e. The average molecular weight is 532 g/mol. The number of ether oxygens (including phenoxy) is 2. The van der Waals surface area contributed by atoms with Gasteiger partial charge in [0.25, 0.3) is 0 Å². The summed E-state index contributed by atoms with van der Waals surface area (Å²) >= 11 is 0. The number of nitrogens with one attached hydrogen (secondary N) is 1. The lowest BCUT2D eigenvalue weighted by molar-refractivity contribution is -0.149. The van der Waals surface area contributed by atoms with Crippen molar-refractivity contribution in [3.63, 3.8) is 0 Å². The smallest absolute Gasteiger partial charge is 0.303 e. The molecule has 0 aromatic heterocycles. The van der Waals surface area contributed by atoms with E-state index in [1.54, 1.807) is 6.92 Å². The van der Waals surface area contributed by atoms with Gasteiger partial charge in [0, 0.05) is 24.8 Å². The molecule has 7 heteroatoms. The molecule has 2 heterocycles. The quantitative estimate of drug-likeness (QED) is 0.275. The van der Waals surface area contributed by atoms with E-state index >= 15 is 0 Å². The van der Waals surface area contributed by atoms with E-state index < -0.39 is 40.6 Å². The molecule has 206 valence electrons. The first-order chi connectivity index (χ1) is 18.5. The molecule has 1 spiro atoms. The second-order valence-corrected chi connectivity index (χ2v) is 11.8. The lowest BCUT2D eigenvalue weighted by atomic mass is 9.51. The number of amides is 1. The largest absolute Gasteiger partial charge is 0.450 e. The molecular weight excluding hydrogens is 494 g/mol. The van der Waals surface area contributed by atoms with Crippen LogP contribution in [0.25, 0.3) is 0 Å². The average Bonchev–Trinajstić information content (AvgIpc) is 3.50. The van der Waals surface area contributed by atoms with E-state index in [1.807, 2.05) is 55.5 Å². The summed E-state index contributed by atoms with van der Waals surface area (Å²) in [5, 5.41) is 3.19. The van der Waals surface area contributed by atoms with Gasteiger partial charge in [-0.05, 0) is 61.8 Å². The topological polar surface area (TPSA) is 102 Å².